The van der Waals surface area contributed by atoms with Crippen LogP contribution in [0.3, 0.4) is 0 Å². The molecule has 132 valence electrons. The summed E-state index contributed by atoms with van der Waals surface area (Å²) < 4.78 is 12.7. The summed E-state index contributed by atoms with van der Waals surface area (Å²) in [5.41, 5.74) is 2.99. The zero-order valence-electron chi connectivity index (χ0n) is 14.2. The highest BCUT2D eigenvalue weighted by Gasteiger charge is 2.13. The second kappa shape index (κ2) is 7.31. The molecule has 1 aliphatic rings. The smallest absolute Gasteiger partial charge is 0.231 e. The molecule has 1 aliphatic heterocycles. The summed E-state index contributed by atoms with van der Waals surface area (Å²) in [6.07, 6.45) is 1.81. The molecule has 3 aromatic rings. The van der Waals surface area contributed by atoms with Crippen molar-refractivity contribution in [3.05, 3.63) is 63.6 Å². The van der Waals surface area contributed by atoms with E-state index in [0.29, 0.717) is 6.54 Å². The van der Waals surface area contributed by atoms with Gasteiger partial charge in [-0.2, -0.15) is 5.10 Å². The zero-order valence-corrected chi connectivity index (χ0v) is 15.8. The lowest BCUT2D eigenvalue weighted by Gasteiger charge is -2.02. The van der Waals surface area contributed by atoms with Gasteiger partial charge in [-0.15, -0.1) is 22.7 Å². The topological polar surface area (TPSA) is 48.1 Å². The normalized spacial score (nSPS) is 13.7. The molecule has 0 aliphatic carbocycles. The Morgan fingerprint density at radius 2 is 2.15 bits per heavy atom. The van der Waals surface area contributed by atoms with Gasteiger partial charge in [0.05, 0.1) is 23.3 Å². The molecule has 1 aromatic carbocycles. The third-order valence-electron chi connectivity index (χ3n) is 3.66. The van der Waals surface area contributed by atoms with Gasteiger partial charge in [0, 0.05) is 5.38 Å². The molecular weight excluding hydrogens is 366 g/mol. The molecule has 0 amide bonds. The second-order valence-corrected chi connectivity index (χ2v) is 7.61. The molecule has 0 spiro atoms. The van der Waals surface area contributed by atoms with E-state index >= 15 is 0 Å². The third-order valence-corrected chi connectivity index (χ3v) is 5.41. The molecule has 0 unspecified atom stereocenters. The van der Waals surface area contributed by atoms with Crippen LogP contribution in [0.2, 0.25) is 0 Å². The first kappa shape index (κ1) is 16.8. The molecule has 5 nitrogen and oxygen atoms in total. The number of thiophene rings is 1. The van der Waals surface area contributed by atoms with Crippen LogP contribution in [0.1, 0.15) is 12.5 Å². The molecule has 0 radical (unpaired) electrons. The Hall–Kier alpha value is -2.64. The Bertz CT molecular complexity index is 1030. The largest absolute Gasteiger partial charge is 0.454 e. The number of hydrogen-bond acceptors (Lipinski definition) is 6. The maximum absolute atomic E-state index is 5.43. The van der Waals surface area contributed by atoms with E-state index in [1.165, 1.54) is 0 Å². The van der Waals surface area contributed by atoms with Crippen LogP contribution in [-0.2, 0) is 0 Å². The first-order chi connectivity index (χ1) is 12.7. The third kappa shape index (κ3) is 3.49. The van der Waals surface area contributed by atoms with Crippen LogP contribution in [0.15, 0.2) is 63.3 Å². The lowest BCUT2D eigenvalue weighted by Crippen LogP contribution is -2.12. The molecule has 2 aromatic heterocycles. The van der Waals surface area contributed by atoms with Crippen molar-refractivity contribution in [1.29, 1.82) is 0 Å². The molecule has 26 heavy (non-hydrogen) atoms. The van der Waals surface area contributed by atoms with Crippen LogP contribution in [-0.4, -0.2) is 24.2 Å². The van der Waals surface area contributed by atoms with Crippen molar-refractivity contribution in [1.82, 2.24) is 4.68 Å². The minimum Gasteiger partial charge on any atom is -0.454 e. The van der Waals surface area contributed by atoms with Crippen molar-refractivity contribution < 1.29 is 9.47 Å². The maximum Gasteiger partial charge on any atom is 0.231 e. The lowest BCUT2D eigenvalue weighted by molar-refractivity contribution is 0.174. The van der Waals surface area contributed by atoms with Gasteiger partial charge in [0.25, 0.3) is 0 Å². The van der Waals surface area contributed by atoms with E-state index in [1.807, 2.05) is 42.1 Å². The van der Waals surface area contributed by atoms with Crippen LogP contribution in [0.4, 0.5) is 0 Å². The van der Waals surface area contributed by atoms with E-state index in [-0.39, 0.29) is 6.79 Å². The second-order valence-electron chi connectivity index (χ2n) is 5.82. The van der Waals surface area contributed by atoms with Gasteiger partial charge < -0.3 is 9.47 Å². The summed E-state index contributed by atoms with van der Waals surface area (Å²) in [4.78, 5) is 6.63. The van der Waals surface area contributed by atoms with Gasteiger partial charge in [0.15, 0.2) is 11.5 Å². The van der Waals surface area contributed by atoms with E-state index < -0.39 is 0 Å². The van der Waals surface area contributed by atoms with E-state index in [9.17, 15) is 0 Å². The number of aromatic nitrogens is 1. The Balaban J connectivity index is 1.73. The van der Waals surface area contributed by atoms with Crippen molar-refractivity contribution >= 4 is 28.9 Å². The van der Waals surface area contributed by atoms with E-state index in [1.54, 1.807) is 22.7 Å². The van der Waals surface area contributed by atoms with Crippen LogP contribution in [0.5, 0.6) is 11.5 Å². The zero-order chi connectivity index (χ0) is 17.9. The van der Waals surface area contributed by atoms with Crippen LogP contribution in [0.25, 0.3) is 10.6 Å². The van der Waals surface area contributed by atoms with Gasteiger partial charge in [0.1, 0.15) is 0 Å². The van der Waals surface area contributed by atoms with Gasteiger partial charge in [-0.1, -0.05) is 18.2 Å². The Morgan fingerprint density at radius 1 is 1.27 bits per heavy atom. The molecule has 0 atom stereocenters. The summed E-state index contributed by atoms with van der Waals surface area (Å²) in [6, 6.07) is 9.90. The van der Waals surface area contributed by atoms with Gasteiger partial charge >= 0.3 is 0 Å². The van der Waals surface area contributed by atoms with Gasteiger partial charge in [-0.25, -0.2) is 4.68 Å². The van der Waals surface area contributed by atoms with Crippen molar-refractivity contribution in [2.24, 2.45) is 10.1 Å². The Morgan fingerprint density at radius 3 is 2.96 bits per heavy atom. The molecule has 4 rings (SSSR count). The van der Waals surface area contributed by atoms with Crippen LogP contribution >= 0.6 is 22.7 Å². The van der Waals surface area contributed by atoms with Crippen molar-refractivity contribution in [2.45, 2.75) is 6.92 Å². The Kier molecular flexibility index (Phi) is 4.73. The monoisotopic (exact) mass is 383 g/mol. The Labute approximate surface area is 159 Å². The standard InChI is InChI=1S/C19H17N3O2S2/c1-13(2)9-20-19-22(15(11-26-19)18-4-3-7-25-18)21-10-14-5-6-16-17(8-14)24-12-23-16/h3-8,10-11H,1,9,12H2,2H3. The first-order valence-electron chi connectivity index (χ1n) is 8.04. The fraction of sp³-hybridized carbons (Fsp3) is 0.158. The average molecular weight is 383 g/mol. The molecular formula is C19H17N3O2S2. The molecule has 0 bridgehead atoms. The molecule has 0 fully saturated rings. The predicted molar refractivity (Wildman–Crippen MR) is 106 cm³/mol. The van der Waals surface area contributed by atoms with Crippen LogP contribution in [0, 0.1) is 0 Å². The minimum atomic E-state index is 0.266. The minimum absolute atomic E-state index is 0.266. The van der Waals surface area contributed by atoms with Crippen molar-refractivity contribution in [3.63, 3.8) is 0 Å². The molecule has 0 N–H and O–H groups in total. The van der Waals surface area contributed by atoms with Crippen molar-refractivity contribution in [2.75, 3.05) is 13.3 Å². The summed E-state index contributed by atoms with van der Waals surface area (Å²) in [5.74, 6) is 1.51. The van der Waals surface area contributed by atoms with Gasteiger partial charge in [-0.05, 0) is 42.1 Å². The summed E-state index contributed by atoms with van der Waals surface area (Å²) in [7, 11) is 0. The quantitative estimate of drug-likeness (QED) is 0.485. The number of benzene rings is 1. The molecule has 7 heteroatoms. The summed E-state index contributed by atoms with van der Waals surface area (Å²) >= 11 is 3.26. The average Bonchev–Trinajstić information content (AvgIpc) is 3.37. The fourth-order valence-corrected chi connectivity index (χ4v) is 4.06. The highest BCUT2D eigenvalue weighted by atomic mass is 32.1. The molecule has 0 saturated carbocycles. The fourth-order valence-electron chi connectivity index (χ4n) is 2.43. The summed E-state index contributed by atoms with van der Waals surface area (Å²) in [5, 5.41) is 8.83. The van der Waals surface area contributed by atoms with Crippen molar-refractivity contribution in [3.8, 4) is 22.1 Å². The number of fused-ring (bicyclic) bond motifs is 1. The van der Waals surface area contributed by atoms with E-state index in [4.69, 9.17) is 9.47 Å². The highest BCUT2D eigenvalue weighted by molar-refractivity contribution is 7.14. The van der Waals surface area contributed by atoms with Crippen LogP contribution < -0.4 is 14.3 Å². The summed E-state index contributed by atoms with van der Waals surface area (Å²) in [6.45, 7) is 6.75. The molecule has 0 saturated heterocycles. The predicted octanol–water partition coefficient (Wildman–Crippen LogP) is 4.37. The number of hydrogen-bond donors (Lipinski definition) is 0. The SMILES string of the molecule is C=C(C)CN=c1scc(-c2cccs2)n1N=Cc1ccc2c(c1)OCO2. The van der Waals surface area contributed by atoms with E-state index in [2.05, 4.69) is 33.5 Å². The number of ether oxygens (including phenoxy) is 2. The lowest BCUT2D eigenvalue weighted by atomic mass is 10.2. The first-order valence-corrected chi connectivity index (χ1v) is 9.80. The van der Waals surface area contributed by atoms with Gasteiger partial charge in [0.2, 0.25) is 11.6 Å². The maximum atomic E-state index is 5.43. The number of thiazole rings is 1. The van der Waals surface area contributed by atoms with Gasteiger partial charge in [-0.3, -0.25) is 4.99 Å². The van der Waals surface area contributed by atoms with E-state index in [0.717, 1.165) is 38.0 Å². The number of nitrogens with zero attached hydrogens (tertiary/aromatic N) is 3. The number of rotatable bonds is 5. The highest BCUT2D eigenvalue weighted by Crippen LogP contribution is 2.32. The molecule has 3 heterocycles.